The first-order valence-electron chi connectivity index (χ1n) is 8.30. The summed E-state index contributed by atoms with van der Waals surface area (Å²) in [5.74, 6) is -0.135. The summed E-state index contributed by atoms with van der Waals surface area (Å²) in [5, 5.41) is 5.65. The van der Waals surface area contributed by atoms with Crippen molar-refractivity contribution in [2.24, 2.45) is 0 Å². The van der Waals surface area contributed by atoms with E-state index in [0.29, 0.717) is 22.9 Å². The summed E-state index contributed by atoms with van der Waals surface area (Å²) in [6.45, 7) is 2.59. The van der Waals surface area contributed by atoms with E-state index in [0.717, 1.165) is 21.3 Å². The number of amides is 1. The molecule has 4 rings (SSSR count). The summed E-state index contributed by atoms with van der Waals surface area (Å²) in [5.41, 5.74) is 4.56. The number of rotatable bonds is 4. The van der Waals surface area contributed by atoms with Crippen molar-refractivity contribution in [3.63, 3.8) is 0 Å². The summed E-state index contributed by atoms with van der Waals surface area (Å²) < 4.78 is 3.17. The van der Waals surface area contributed by atoms with Crippen molar-refractivity contribution in [2.75, 3.05) is 5.32 Å². The predicted molar refractivity (Wildman–Crippen MR) is 110 cm³/mol. The smallest absolute Gasteiger partial charge is 0.272 e. The van der Waals surface area contributed by atoms with Gasteiger partial charge in [0.05, 0.1) is 10.2 Å². The lowest BCUT2D eigenvalue weighted by molar-refractivity contribution is 0.101. The Labute approximate surface area is 160 Å². The summed E-state index contributed by atoms with van der Waals surface area (Å²) >= 11 is 7.81. The maximum atomic E-state index is 12.9. The zero-order valence-corrected chi connectivity index (χ0v) is 15.8. The average Bonchev–Trinajstić information content (AvgIpc) is 3.22. The Balaban J connectivity index is 1.68. The topological polar surface area (TPSA) is 34.0 Å². The molecule has 1 N–H and O–H groups in total. The summed E-state index contributed by atoms with van der Waals surface area (Å²) in [4.78, 5) is 12.9. The van der Waals surface area contributed by atoms with Crippen molar-refractivity contribution in [2.45, 2.75) is 13.5 Å². The van der Waals surface area contributed by atoms with Crippen LogP contribution in [0.2, 0.25) is 5.02 Å². The Bertz CT molecular complexity index is 1080. The van der Waals surface area contributed by atoms with Crippen LogP contribution in [-0.2, 0) is 6.54 Å². The van der Waals surface area contributed by atoms with Crippen LogP contribution in [0.15, 0.2) is 66.0 Å². The lowest BCUT2D eigenvalue weighted by Gasteiger charge is -2.11. The van der Waals surface area contributed by atoms with Gasteiger partial charge in [0.25, 0.3) is 5.91 Å². The van der Waals surface area contributed by atoms with Gasteiger partial charge < -0.3 is 9.88 Å². The second-order valence-corrected chi connectivity index (χ2v) is 7.54. The van der Waals surface area contributed by atoms with Crippen LogP contribution < -0.4 is 5.32 Å². The maximum Gasteiger partial charge on any atom is 0.272 e. The highest BCUT2D eigenvalue weighted by atomic mass is 35.5. The van der Waals surface area contributed by atoms with Crippen molar-refractivity contribution in [1.29, 1.82) is 0 Å². The summed E-state index contributed by atoms with van der Waals surface area (Å²) in [7, 11) is 0. The van der Waals surface area contributed by atoms with Gasteiger partial charge in [-0.05, 0) is 47.7 Å². The Morgan fingerprint density at radius 3 is 2.69 bits per heavy atom. The van der Waals surface area contributed by atoms with Crippen LogP contribution in [0.1, 0.15) is 21.6 Å². The Hall–Kier alpha value is -2.56. The first kappa shape index (κ1) is 16.9. The normalized spacial score (nSPS) is 11.0. The van der Waals surface area contributed by atoms with Crippen molar-refractivity contribution in [3.8, 4) is 0 Å². The minimum Gasteiger partial charge on any atom is -0.331 e. The molecular weight excluding hydrogens is 364 g/mol. The fourth-order valence-electron chi connectivity index (χ4n) is 2.97. The van der Waals surface area contributed by atoms with Gasteiger partial charge in [-0.2, -0.15) is 0 Å². The third-order valence-electron chi connectivity index (χ3n) is 4.37. The lowest BCUT2D eigenvalue weighted by Crippen LogP contribution is -2.17. The van der Waals surface area contributed by atoms with E-state index in [1.54, 1.807) is 17.4 Å². The van der Waals surface area contributed by atoms with Crippen LogP contribution in [0.25, 0.3) is 10.2 Å². The molecule has 0 radical (unpaired) electrons. The number of fused-ring (bicyclic) bond motifs is 1. The molecule has 3 nitrogen and oxygen atoms in total. The van der Waals surface area contributed by atoms with Gasteiger partial charge in [0.2, 0.25) is 0 Å². The fraction of sp³-hybridized carbons (Fsp3) is 0.0952. The number of anilines is 1. The molecule has 4 aromatic rings. The quantitative estimate of drug-likeness (QED) is 0.465. The number of thiophene rings is 1. The van der Waals surface area contributed by atoms with E-state index in [-0.39, 0.29) is 5.91 Å². The number of hydrogen-bond donors (Lipinski definition) is 1. The minimum atomic E-state index is -0.135. The number of benzene rings is 2. The van der Waals surface area contributed by atoms with Crippen LogP contribution in [0.4, 0.5) is 5.69 Å². The molecule has 0 fully saturated rings. The molecule has 0 saturated heterocycles. The van der Waals surface area contributed by atoms with Gasteiger partial charge in [0, 0.05) is 17.3 Å². The third kappa shape index (κ3) is 3.26. The minimum absolute atomic E-state index is 0.135. The Morgan fingerprint density at radius 2 is 1.92 bits per heavy atom. The monoisotopic (exact) mass is 380 g/mol. The van der Waals surface area contributed by atoms with Gasteiger partial charge in [-0.25, -0.2) is 0 Å². The van der Waals surface area contributed by atoms with E-state index in [1.165, 1.54) is 0 Å². The molecule has 2 heterocycles. The summed E-state index contributed by atoms with van der Waals surface area (Å²) in [6.07, 6.45) is 0. The highest BCUT2D eigenvalue weighted by Crippen LogP contribution is 2.27. The Kier molecular flexibility index (Phi) is 4.53. The van der Waals surface area contributed by atoms with E-state index in [1.807, 2.05) is 48.7 Å². The van der Waals surface area contributed by atoms with E-state index in [2.05, 4.69) is 28.1 Å². The van der Waals surface area contributed by atoms with Crippen LogP contribution in [0, 0.1) is 6.92 Å². The number of carbonyl (C=O) groups is 1. The maximum absolute atomic E-state index is 12.9. The van der Waals surface area contributed by atoms with Gasteiger partial charge in [0.1, 0.15) is 5.69 Å². The van der Waals surface area contributed by atoms with Crippen LogP contribution in [0.5, 0.6) is 0 Å². The largest absolute Gasteiger partial charge is 0.331 e. The van der Waals surface area contributed by atoms with Gasteiger partial charge in [-0.3, -0.25) is 4.79 Å². The van der Waals surface area contributed by atoms with E-state index >= 15 is 0 Å². The lowest BCUT2D eigenvalue weighted by atomic mass is 10.2. The molecule has 0 aliphatic heterocycles. The molecule has 0 atom stereocenters. The molecule has 130 valence electrons. The highest BCUT2D eigenvalue weighted by molar-refractivity contribution is 7.17. The zero-order chi connectivity index (χ0) is 18.1. The molecule has 1 amide bonds. The number of aromatic nitrogens is 1. The van der Waals surface area contributed by atoms with E-state index in [9.17, 15) is 4.79 Å². The van der Waals surface area contributed by atoms with Crippen molar-refractivity contribution < 1.29 is 4.79 Å². The molecule has 0 bridgehead atoms. The second-order valence-electron chi connectivity index (χ2n) is 6.19. The van der Waals surface area contributed by atoms with E-state index < -0.39 is 0 Å². The molecule has 0 spiro atoms. The highest BCUT2D eigenvalue weighted by Gasteiger charge is 2.17. The molecule has 26 heavy (non-hydrogen) atoms. The molecule has 2 aromatic carbocycles. The zero-order valence-electron chi connectivity index (χ0n) is 14.2. The van der Waals surface area contributed by atoms with E-state index in [4.69, 9.17) is 11.6 Å². The fourth-order valence-corrected chi connectivity index (χ4v) is 3.97. The van der Waals surface area contributed by atoms with Crippen molar-refractivity contribution in [3.05, 3.63) is 87.9 Å². The van der Waals surface area contributed by atoms with Gasteiger partial charge in [-0.1, -0.05) is 48.0 Å². The van der Waals surface area contributed by atoms with Gasteiger partial charge >= 0.3 is 0 Å². The molecule has 5 heteroatoms. The number of hydrogen-bond acceptors (Lipinski definition) is 2. The SMILES string of the molecule is Cc1ccc(NC(=O)c2cc3sccc3n2Cc2ccccc2)cc1Cl. The van der Waals surface area contributed by atoms with Crippen molar-refractivity contribution in [1.82, 2.24) is 4.57 Å². The number of nitrogens with zero attached hydrogens (tertiary/aromatic N) is 1. The number of nitrogens with one attached hydrogen (secondary N) is 1. The predicted octanol–water partition coefficient (Wildman–Crippen LogP) is 5.97. The molecule has 0 saturated carbocycles. The van der Waals surface area contributed by atoms with Gasteiger partial charge in [-0.15, -0.1) is 11.3 Å². The van der Waals surface area contributed by atoms with Crippen molar-refractivity contribution >= 4 is 44.7 Å². The van der Waals surface area contributed by atoms with Crippen LogP contribution in [0.3, 0.4) is 0 Å². The standard InChI is InChI=1S/C21H17ClN2OS/c1-14-7-8-16(11-17(14)22)23-21(25)19-12-20-18(9-10-26-20)24(19)13-15-5-3-2-4-6-15/h2-12H,13H2,1H3,(H,23,25). The number of halogens is 1. The first-order chi connectivity index (χ1) is 12.6. The molecule has 0 aliphatic carbocycles. The number of carbonyl (C=O) groups excluding carboxylic acids is 1. The Morgan fingerprint density at radius 1 is 1.12 bits per heavy atom. The first-order valence-corrected chi connectivity index (χ1v) is 9.56. The molecular formula is C21H17ClN2OS. The number of aryl methyl sites for hydroxylation is 1. The van der Waals surface area contributed by atoms with Gasteiger partial charge in [0.15, 0.2) is 0 Å². The van der Waals surface area contributed by atoms with Crippen LogP contribution >= 0.6 is 22.9 Å². The second kappa shape index (κ2) is 6.98. The molecule has 2 aromatic heterocycles. The average molecular weight is 381 g/mol. The molecule has 0 unspecified atom stereocenters. The summed E-state index contributed by atoms with van der Waals surface area (Å²) in [6, 6.07) is 19.7. The van der Waals surface area contributed by atoms with Crippen LogP contribution in [-0.4, -0.2) is 10.5 Å². The molecule has 0 aliphatic rings. The third-order valence-corrected chi connectivity index (χ3v) is 5.63.